The number of para-hydroxylation sites is 1. The highest BCUT2D eigenvalue weighted by atomic mass is 16.2. The molecule has 1 aromatic carbocycles. The number of carbonyl (C=O) groups excluding carboxylic acids is 3. The number of nitrogens with zero attached hydrogens (tertiary/aromatic N) is 4. The van der Waals surface area contributed by atoms with Crippen molar-refractivity contribution in [3.05, 3.63) is 48.3 Å². The van der Waals surface area contributed by atoms with Gasteiger partial charge in [-0.2, -0.15) is 5.10 Å². The second kappa shape index (κ2) is 8.03. The number of nitrogens with one attached hydrogen (secondary N) is 1. The molecule has 1 N–H and O–H groups in total. The van der Waals surface area contributed by atoms with Crippen LogP contribution in [0.15, 0.2) is 42.7 Å². The molecule has 8 heteroatoms. The molecule has 0 bridgehead atoms. The van der Waals surface area contributed by atoms with Crippen molar-refractivity contribution in [1.82, 2.24) is 24.9 Å². The molecule has 27 heavy (non-hydrogen) atoms. The molecule has 1 aromatic heterocycles. The zero-order valence-corrected chi connectivity index (χ0v) is 15.5. The molecule has 1 aliphatic rings. The van der Waals surface area contributed by atoms with Crippen molar-refractivity contribution in [1.29, 1.82) is 0 Å². The van der Waals surface area contributed by atoms with Crippen molar-refractivity contribution in [2.75, 3.05) is 26.2 Å². The first-order valence-corrected chi connectivity index (χ1v) is 8.95. The average Bonchev–Trinajstić information content (AvgIpc) is 3.17. The van der Waals surface area contributed by atoms with E-state index in [4.69, 9.17) is 0 Å². The molecule has 3 rings (SSSR count). The Bertz CT molecular complexity index is 823. The van der Waals surface area contributed by atoms with Crippen LogP contribution in [0.3, 0.4) is 0 Å². The lowest BCUT2D eigenvalue weighted by Gasteiger charge is -2.34. The van der Waals surface area contributed by atoms with Crippen LogP contribution in [0.4, 0.5) is 0 Å². The molecule has 142 valence electrons. The maximum atomic E-state index is 12.7. The Labute approximate surface area is 157 Å². The molecule has 1 fully saturated rings. The van der Waals surface area contributed by atoms with Gasteiger partial charge in [-0.25, -0.2) is 4.68 Å². The lowest BCUT2D eigenvalue weighted by Crippen LogP contribution is -2.54. The highest BCUT2D eigenvalue weighted by molar-refractivity contribution is 6.35. The second-order valence-corrected chi connectivity index (χ2v) is 6.72. The normalized spacial score (nSPS) is 14.3. The summed E-state index contributed by atoms with van der Waals surface area (Å²) in [6, 6.07) is 9.46. The summed E-state index contributed by atoms with van der Waals surface area (Å²) < 4.78 is 1.66. The molecule has 2 aromatic rings. The first-order valence-electron chi connectivity index (χ1n) is 8.95. The Morgan fingerprint density at radius 1 is 1.00 bits per heavy atom. The fraction of sp³-hybridized carbons (Fsp3) is 0.368. The molecule has 3 amide bonds. The Morgan fingerprint density at radius 2 is 1.63 bits per heavy atom. The van der Waals surface area contributed by atoms with Gasteiger partial charge in [-0.3, -0.25) is 14.4 Å². The molecule has 0 unspecified atom stereocenters. The smallest absolute Gasteiger partial charge is 0.312 e. The van der Waals surface area contributed by atoms with Crippen LogP contribution >= 0.6 is 0 Å². The van der Waals surface area contributed by atoms with Gasteiger partial charge in [0.2, 0.25) is 0 Å². The summed E-state index contributed by atoms with van der Waals surface area (Å²) in [5, 5.41) is 6.84. The van der Waals surface area contributed by atoms with Crippen molar-refractivity contribution < 1.29 is 14.4 Å². The Balaban J connectivity index is 1.58. The minimum Gasteiger partial charge on any atom is -0.346 e. The largest absolute Gasteiger partial charge is 0.346 e. The van der Waals surface area contributed by atoms with E-state index in [0.717, 1.165) is 5.69 Å². The molecule has 1 aliphatic heterocycles. The van der Waals surface area contributed by atoms with Crippen molar-refractivity contribution in [3.63, 3.8) is 0 Å². The number of amides is 3. The van der Waals surface area contributed by atoms with Crippen molar-refractivity contribution in [2.45, 2.75) is 19.9 Å². The van der Waals surface area contributed by atoms with E-state index >= 15 is 0 Å². The van der Waals surface area contributed by atoms with Gasteiger partial charge in [-0.15, -0.1) is 0 Å². The lowest BCUT2D eigenvalue weighted by molar-refractivity contribution is -0.147. The highest BCUT2D eigenvalue weighted by Gasteiger charge is 2.28. The standard InChI is InChI=1S/C19H23N5O3/c1-14(2)21-17(25)19(27)23-10-8-22(9-11-23)18(26)15-12-20-24(13-15)16-6-4-3-5-7-16/h3-7,12-14H,8-11H2,1-2H3,(H,21,25). The number of hydrogen-bond acceptors (Lipinski definition) is 4. The minimum absolute atomic E-state index is 0.0922. The van der Waals surface area contributed by atoms with Gasteiger partial charge in [-0.05, 0) is 26.0 Å². The van der Waals surface area contributed by atoms with Gasteiger partial charge in [0.05, 0.1) is 17.4 Å². The Kier molecular flexibility index (Phi) is 5.54. The van der Waals surface area contributed by atoms with Crippen LogP contribution in [0, 0.1) is 0 Å². The lowest BCUT2D eigenvalue weighted by atomic mass is 10.2. The van der Waals surface area contributed by atoms with Gasteiger partial charge in [0, 0.05) is 38.4 Å². The summed E-state index contributed by atoms with van der Waals surface area (Å²) in [4.78, 5) is 39.8. The second-order valence-electron chi connectivity index (χ2n) is 6.72. The van der Waals surface area contributed by atoms with E-state index in [-0.39, 0.29) is 11.9 Å². The van der Waals surface area contributed by atoms with E-state index in [0.29, 0.717) is 31.7 Å². The first kappa shape index (κ1) is 18.6. The van der Waals surface area contributed by atoms with E-state index in [1.54, 1.807) is 35.8 Å². The summed E-state index contributed by atoms with van der Waals surface area (Å²) in [7, 11) is 0. The fourth-order valence-electron chi connectivity index (χ4n) is 2.92. The fourth-order valence-corrected chi connectivity index (χ4v) is 2.92. The maximum absolute atomic E-state index is 12.7. The van der Waals surface area contributed by atoms with Gasteiger partial charge in [0.25, 0.3) is 5.91 Å². The van der Waals surface area contributed by atoms with Crippen molar-refractivity contribution in [3.8, 4) is 5.69 Å². The average molecular weight is 369 g/mol. The summed E-state index contributed by atoms with van der Waals surface area (Å²) in [5.74, 6) is -1.28. The molecule has 0 aliphatic carbocycles. The van der Waals surface area contributed by atoms with Crippen LogP contribution in [0.25, 0.3) is 5.69 Å². The molecule has 0 atom stereocenters. The quantitative estimate of drug-likeness (QED) is 0.806. The molecule has 1 saturated heterocycles. The Hall–Kier alpha value is -3.16. The summed E-state index contributed by atoms with van der Waals surface area (Å²) in [6.45, 7) is 5.05. The van der Waals surface area contributed by atoms with Gasteiger partial charge in [0.1, 0.15) is 0 Å². The summed E-state index contributed by atoms with van der Waals surface area (Å²) in [5.41, 5.74) is 1.37. The van der Waals surface area contributed by atoms with E-state index in [2.05, 4.69) is 10.4 Å². The maximum Gasteiger partial charge on any atom is 0.312 e. The molecule has 0 spiro atoms. The number of carbonyl (C=O) groups is 3. The van der Waals surface area contributed by atoms with E-state index in [1.165, 1.54) is 4.90 Å². The number of piperazine rings is 1. The number of benzene rings is 1. The predicted molar refractivity (Wildman–Crippen MR) is 99.3 cm³/mol. The van der Waals surface area contributed by atoms with Crippen LogP contribution in [-0.2, 0) is 9.59 Å². The number of rotatable bonds is 3. The zero-order valence-electron chi connectivity index (χ0n) is 15.5. The highest BCUT2D eigenvalue weighted by Crippen LogP contribution is 2.12. The third-order valence-electron chi connectivity index (χ3n) is 4.32. The van der Waals surface area contributed by atoms with Gasteiger partial charge >= 0.3 is 11.8 Å². The molecule has 0 saturated carbocycles. The van der Waals surface area contributed by atoms with Gasteiger partial charge < -0.3 is 15.1 Å². The Morgan fingerprint density at radius 3 is 2.26 bits per heavy atom. The van der Waals surface area contributed by atoms with Gasteiger partial charge in [0.15, 0.2) is 0 Å². The topological polar surface area (TPSA) is 87.5 Å². The molecular weight excluding hydrogens is 346 g/mol. The molecule has 2 heterocycles. The van der Waals surface area contributed by atoms with E-state index in [1.807, 2.05) is 30.3 Å². The predicted octanol–water partition coefficient (Wildman–Crippen LogP) is 0.681. The third kappa shape index (κ3) is 4.33. The van der Waals surface area contributed by atoms with E-state index in [9.17, 15) is 14.4 Å². The van der Waals surface area contributed by atoms with Crippen LogP contribution in [0.5, 0.6) is 0 Å². The molecule has 8 nitrogen and oxygen atoms in total. The summed E-state index contributed by atoms with van der Waals surface area (Å²) >= 11 is 0. The molecular formula is C19H23N5O3. The van der Waals surface area contributed by atoms with Crippen LogP contribution < -0.4 is 5.32 Å². The van der Waals surface area contributed by atoms with Gasteiger partial charge in [-0.1, -0.05) is 18.2 Å². The first-order chi connectivity index (χ1) is 13.0. The molecule has 0 radical (unpaired) electrons. The summed E-state index contributed by atoms with van der Waals surface area (Å²) in [6.07, 6.45) is 3.24. The van der Waals surface area contributed by atoms with Crippen molar-refractivity contribution in [2.24, 2.45) is 0 Å². The van der Waals surface area contributed by atoms with Crippen LogP contribution in [0.2, 0.25) is 0 Å². The SMILES string of the molecule is CC(C)NC(=O)C(=O)N1CCN(C(=O)c2cnn(-c3ccccc3)c2)CC1. The van der Waals surface area contributed by atoms with E-state index < -0.39 is 11.8 Å². The van der Waals surface area contributed by atoms with Crippen LogP contribution in [0.1, 0.15) is 24.2 Å². The third-order valence-corrected chi connectivity index (χ3v) is 4.32. The van der Waals surface area contributed by atoms with Crippen molar-refractivity contribution >= 4 is 17.7 Å². The minimum atomic E-state index is -0.603. The monoisotopic (exact) mass is 369 g/mol. The van der Waals surface area contributed by atoms with Crippen LogP contribution in [-0.4, -0.2) is 69.5 Å². The number of hydrogen-bond donors (Lipinski definition) is 1. The number of aromatic nitrogens is 2. The zero-order chi connectivity index (χ0) is 19.4.